The molecule has 5 nitrogen and oxygen atoms in total. The van der Waals surface area contributed by atoms with E-state index in [1.54, 1.807) is 0 Å². The van der Waals surface area contributed by atoms with Gasteiger partial charge in [0.25, 0.3) is 0 Å². The van der Waals surface area contributed by atoms with Gasteiger partial charge in [0.1, 0.15) is 11.5 Å². The van der Waals surface area contributed by atoms with E-state index in [4.69, 9.17) is 4.42 Å². The highest BCUT2D eigenvalue weighted by Gasteiger charge is 2.26. The van der Waals surface area contributed by atoms with E-state index in [2.05, 4.69) is 10.1 Å². The smallest absolute Gasteiger partial charge is 0.396 e. The first kappa shape index (κ1) is 13.3. The van der Waals surface area contributed by atoms with Gasteiger partial charge < -0.3 is 14.5 Å². The highest BCUT2D eigenvalue weighted by atomic mass is 16.5. The lowest BCUT2D eigenvalue weighted by Gasteiger charge is -2.22. The van der Waals surface area contributed by atoms with Crippen molar-refractivity contribution < 1.29 is 18.7 Å². The second kappa shape index (κ2) is 5.03. The van der Waals surface area contributed by atoms with Gasteiger partial charge in [-0.2, -0.15) is 0 Å². The summed E-state index contributed by atoms with van der Waals surface area (Å²) in [6.45, 7) is 5.99. The number of nitrogens with one attached hydrogen (secondary N) is 1. The minimum Gasteiger partial charge on any atom is -0.466 e. The third-order valence-corrected chi connectivity index (χ3v) is 2.47. The molecule has 0 saturated heterocycles. The fourth-order valence-corrected chi connectivity index (χ4v) is 1.35. The number of methoxy groups -OCH3 is 1. The lowest BCUT2D eigenvalue weighted by atomic mass is 9.90. The number of esters is 1. The molecule has 1 N–H and O–H groups in total. The highest BCUT2D eigenvalue weighted by Crippen LogP contribution is 2.24. The summed E-state index contributed by atoms with van der Waals surface area (Å²) in [6.07, 6.45) is 0. The third kappa shape index (κ3) is 3.34. The Hall–Kier alpha value is -1.78. The molecule has 1 amide bonds. The van der Waals surface area contributed by atoms with Crippen LogP contribution in [-0.4, -0.2) is 25.5 Å². The standard InChI is InChI=1S/C12H17NO4/c1-8-5-6-9(17-8)12(2,3)7-13-10(14)11(15)16-4/h5-6H,7H2,1-4H3,(H,13,14). The van der Waals surface area contributed by atoms with Crippen LogP contribution in [0.1, 0.15) is 25.4 Å². The number of hydrogen-bond acceptors (Lipinski definition) is 4. The summed E-state index contributed by atoms with van der Waals surface area (Å²) in [5, 5.41) is 2.51. The molecule has 0 aliphatic carbocycles. The molecule has 0 aromatic carbocycles. The van der Waals surface area contributed by atoms with Crippen molar-refractivity contribution in [3.05, 3.63) is 23.7 Å². The molecule has 0 aliphatic rings. The van der Waals surface area contributed by atoms with Crippen LogP contribution in [-0.2, 0) is 19.7 Å². The molecule has 0 unspecified atom stereocenters. The third-order valence-electron chi connectivity index (χ3n) is 2.47. The van der Waals surface area contributed by atoms with Gasteiger partial charge in [-0.25, -0.2) is 4.79 Å². The highest BCUT2D eigenvalue weighted by molar-refractivity contribution is 6.32. The van der Waals surface area contributed by atoms with E-state index in [9.17, 15) is 9.59 Å². The minimum atomic E-state index is -0.892. The van der Waals surface area contributed by atoms with Gasteiger partial charge in [-0.15, -0.1) is 0 Å². The first-order valence-corrected chi connectivity index (χ1v) is 5.30. The van der Waals surface area contributed by atoms with E-state index in [0.717, 1.165) is 11.5 Å². The number of furan rings is 1. The number of ether oxygens (including phenoxy) is 1. The SMILES string of the molecule is COC(=O)C(=O)NCC(C)(C)c1ccc(C)o1. The molecule has 0 atom stereocenters. The lowest BCUT2D eigenvalue weighted by molar-refractivity contribution is -0.152. The van der Waals surface area contributed by atoms with Crippen LogP contribution >= 0.6 is 0 Å². The summed E-state index contributed by atoms with van der Waals surface area (Å²) in [6, 6.07) is 3.72. The first-order valence-electron chi connectivity index (χ1n) is 5.30. The fourth-order valence-electron chi connectivity index (χ4n) is 1.35. The van der Waals surface area contributed by atoms with E-state index in [1.165, 1.54) is 7.11 Å². The monoisotopic (exact) mass is 239 g/mol. The van der Waals surface area contributed by atoms with Crippen LogP contribution in [0.2, 0.25) is 0 Å². The van der Waals surface area contributed by atoms with E-state index in [1.807, 2.05) is 32.9 Å². The summed E-state index contributed by atoms with van der Waals surface area (Å²) in [7, 11) is 1.17. The molecule has 1 heterocycles. The first-order chi connectivity index (χ1) is 7.86. The summed E-state index contributed by atoms with van der Waals surface area (Å²) >= 11 is 0. The van der Waals surface area contributed by atoms with E-state index in [0.29, 0.717) is 6.54 Å². The van der Waals surface area contributed by atoms with E-state index < -0.39 is 11.9 Å². The van der Waals surface area contributed by atoms with Gasteiger partial charge in [0, 0.05) is 12.0 Å². The number of carbonyl (C=O) groups is 2. The van der Waals surface area contributed by atoms with Gasteiger partial charge in [-0.3, -0.25) is 4.79 Å². The molecule has 1 rings (SSSR count). The van der Waals surface area contributed by atoms with Crippen LogP contribution in [0.25, 0.3) is 0 Å². The second-order valence-corrected chi connectivity index (χ2v) is 4.47. The Morgan fingerprint density at radius 3 is 2.53 bits per heavy atom. The Bertz CT molecular complexity index is 420. The van der Waals surface area contributed by atoms with Crippen LogP contribution in [0.5, 0.6) is 0 Å². The van der Waals surface area contributed by atoms with Gasteiger partial charge >= 0.3 is 11.9 Å². The number of carbonyl (C=O) groups excluding carboxylic acids is 2. The predicted molar refractivity (Wildman–Crippen MR) is 61.5 cm³/mol. The molecule has 94 valence electrons. The maximum Gasteiger partial charge on any atom is 0.396 e. The summed E-state index contributed by atoms with van der Waals surface area (Å²) in [4.78, 5) is 22.2. The van der Waals surface area contributed by atoms with Crippen molar-refractivity contribution in [2.45, 2.75) is 26.2 Å². The Morgan fingerprint density at radius 1 is 1.41 bits per heavy atom. The Balaban J connectivity index is 2.62. The lowest BCUT2D eigenvalue weighted by Crippen LogP contribution is -2.40. The van der Waals surface area contributed by atoms with Crippen LogP contribution < -0.4 is 5.32 Å². The van der Waals surface area contributed by atoms with Crippen molar-refractivity contribution >= 4 is 11.9 Å². The summed E-state index contributed by atoms with van der Waals surface area (Å²) in [5.74, 6) is -0.0622. The minimum absolute atomic E-state index is 0.299. The van der Waals surface area contributed by atoms with Gasteiger partial charge in [0.2, 0.25) is 0 Å². The maximum atomic E-state index is 11.2. The van der Waals surface area contributed by atoms with Crippen molar-refractivity contribution in [3.8, 4) is 0 Å². The molecular weight excluding hydrogens is 222 g/mol. The topological polar surface area (TPSA) is 68.5 Å². The molecular formula is C12H17NO4. The molecule has 1 aromatic rings. The number of aryl methyl sites for hydroxylation is 1. The summed E-state index contributed by atoms with van der Waals surface area (Å²) in [5.41, 5.74) is -0.377. The largest absolute Gasteiger partial charge is 0.466 e. The Labute approximate surface area is 100 Å². The molecule has 0 spiro atoms. The van der Waals surface area contributed by atoms with Crippen LogP contribution in [0, 0.1) is 6.92 Å². The summed E-state index contributed by atoms with van der Waals surface area (Å²) < 4.78 is 9.81. The zero-order valence-corrected chi connectivity index (χ0v) is 10.5. The van der Waals surface area contributed by atoms with Crippen LogP contribution in [0.3, 0.4) is 0 Å². The van der Waals surface area contributed by atoms with Gasteiger partial charge in [-0.05, 0) is 19.1 Å². The average Bonchev–Trinajstić information content (AvgIpc) is 2.72. The van der Waals surface area contributed by atoms with Gasteiger partial charge in [0.05, 0.1) is 7.11 Å². The molecule has 0 saturated carbocycles. The molecule has 5 heteroatoms. The van der Waals surface area contributed by atoms with E-state index in [-0.39, 0.29) is 5.41 Å². The van der Waals surface area contributed by atoms with E-state index >= 15 is 0 Å². The van der Waals surface area contributed by atoms with Gasteiger partial charge in [-0.1, -0.05) is 13.8 Å². The molecule has 0 aliphatic heterocycles. The van der Waals surface area contributed by atoms with Crippen LogP contribution in [0.15, 0.2) is 16.5 Å². The van der Waals surface area contributed by atoms with Crippen LogP contribution in [0.4, 0.5) is 0 Å². The number of rotatable bonds is 3. The predicted octanol–water partition coefficient (Wildman–Crippen LogP) is 1.15. The zero-order chi connectivity index (χ0) is 13.1. The second-order valence-electron chi connectivity index (χ2n) is 4.47. The zero-order valence-electron chi connectivity index (χ0n) is 10.5. The molecule has 1 aromatic heterocycles. The molecule has 0 bridgehead atoms. The van der Waals surface area contributed by atoms with Crippen molar-refractivity contribution in [1.82, 2.24) is 5.32 Å². The Morgan fingerprint density at radius 2 is 2.06 bits per heavy atom. The molecule has 0 fully saturated rings. The van der Waals surface area contributed by atoms with Crippen molar-refractivity contribution in [1.29, 1.82) is 0 Å². The van der Waals surface area contributed by atoms with Crippen molar-refractivity contribution in [2.24, 2.45) is 0 Å². The molecule has 17 heavy (non-hydrogen) atoms. The number of hydrogen-bond donors (Lipinski definition) is 1. The fraction of sp³-hybridized carbons (Fsp3) is 0.500. The van der Waals surface area contributed by atoms with Crippen molar-refractivity contribution in [3.63, 3.8) is 0 Å². The van der Waals surface area contributed by atoms with Gasteiger partial charge in [0.15, 0.2) is 0 Å². The Kier molecular flexibility index (Phi) is 3.93. The number of amides is 1. The normalized spacial score (nSPS) is 11.1. The quantitative estimate of drug-likeness (QED) is 0.634. The maximum absolute atomic E-state index is 11.2. The average molecular weight is 239 g/mol. The molecule has 0 radical (unpaired) electrons. The van der Waals surface area contributed by atoms with Crippen molar-refractivity contribution in [2.75, 3.05) is 13.7 Å².